The van der Waals surface area contributed by atoms with Gasteiger partial charge >= 0.3 is 5.97 Å². The molecule has 24 heavy (non-hydrogen) atoms. The molecular formula is C19H22FNO3. The lowest BCUT2D eigenvalue weighted by Crippen LogP contribution is -2.16. The number of hydrogen-bond acceptors (Lipinski definition) is 4. The second-order valence-electron chi connectivity index (χ2n) is 5.85. The molecule has 128 valence electrons. The fraction of sp³-hybridized carbons (Fsp3) is 0.368. The van der Waals surface area contributed by atoms with E-state index in [0.717, 1.165) is 5.56 Å². The maximum absolute atomic E-state index is 13.2. The fourth-order valence-corrected chi connectivity index (χ4v) is 2.83. The van der Waals surface area contributed by atoms with Crippen molar-refractivity contribution in [3.8, 4) is 11.3 Å². The second-order valence-corrected chi connectivity index (χ2v) is 5.85. The molecule has 0 radical (unpaired) electrons. The van der Waals surface area contributed by atoms with E-state index in [4.69, 9.17) is 4.74 Å². The molecule has 0 spiro atoms. The zero-order valence-corrected chi connectivity index (χ0v) is 14.4. The molecule has 1 heterocycles. The predicted molar refractivity (Wildman–Crippen MR) is 90.3 cm³/mol. The van der Waals surface area contributed by atoms with Crippen molar-refractivity contribution in [2.24, 2.45) is 0 Å². The van der Waals surface area contributed by atoms with Crippen LogP contribution in [-0.2, 0) is 11.3 Å². The number of aromatic nitrogens is 1. The molecule has 2 rings (SSSR count). The number of ether oxygens (including phenoxy) is 1. The lowest BCUT2D eigenvalue weighted by molar-refractivity contribution is 0.0525. The van der Waals surface area contributed by atoms with E-state index in [-0.39, 0.29) is 24.9 Å². The number of aryl methyl sites for hydroxylation is 1. The Morgan fingerprint density at radius 2 is 1.92 bits per heavy atom. The molecule has 0 bridgehead atoms. The van der Waals surface area contributed by atoms with Crippen molar-refractivity contribution >= 4 is 5.97 Å². The van der Waals surface area contributed by atoms with Crippen LogP contribution in [0, 0.1) is 12.7 Å². The van der Waals surface area contributed by atoms with E-state index in [1.54, 1.807) is 26.0 Å². The minimum absolute atomic E-state index is 0.00699. The van der Waals surface area contributed by atoms with Gasteiger partial charge in [-0.2, -0.15) is 0 Å². The Hall–Kier alpha value is -2.27. The van der Waals surface area contributed by atoms with E-state index in [2.05, 4.69) is 4.98 Å². The summed E-state index contributed by atoms with van der Waals surface area (Å²) in [5, 5.41) is 9.74. The molecule has 1 N–H and O–H groups in total. The number of aliphatic hydroxyl groups is 1. The quantitative estimate of drug-likeness (QED) is 0.842. The summed E-state index contributed by atoms with van der Waals surface area (Å²) in [4.78, 5) is 17.1. The van der Waals surface area contributed by atoms with Gasteiger partial charge in [0.15, 0.2) is 0 Å². The minimum atomic E-state index is -0.484. The van der Waals surface area contributed by atoms with Crippen molar-refractivity contribution in [3.63, 3.8) is 0 Å². The largest absolute Gasteiger partial charge is 0.462 e. The first kappa shape index (κ1) is 18.1. The molecule has 0 fully saturated rings. The average molecular weight is 331 g/mol. The van der Waals surface area contributed by atoms with Crippen LogP contribution >= 0.6 is 0 Å². The Labute approximate surface area is 141 Å². The molecule has 0 atom stereocenters. The van der Waals surface area contributed by atoms with Crippen LogP contribution in [0.5, 0.6) is 0 Å². The molecule has 0 aliphatic carbocycles. The first-order valence-electron chi connectivity index (χ1n) is 7.97. The molecule has 5 heteroatoms. The maximum atomic E-state index is 13.2. The summed E-state index contributed by atoms with van der Waals surface area (Å²) in [7, 11) is 0. The summed E-state index contributed by atoms with van der Waals surface area (Å²) in [5.74, 6) is -0.848. The van der Waals surface area contributed by atoms with Crippen molar-refractivity contribution in [1.29, 1.82) is 0 Å². The van der Waals surface area contributed by atoms with E-state index in [1.165, 1.54) is 12.1 Å². The van der Waals surface area contributed by atoms with Gasteiger partial charge in [0, 0.05) is 16.8 Å². The number of nitrogens with zero attached hydrogens (tertiary/aromatic N) is 1. The van der Waals surface area contributed by atoms with Gasteiger partial charge in [-0.15, -0.1) is 0 Å². The third kappa shape index (κ3) is 3.46. The highest BCUT2D eigenvalue weighted by Gasteiger charge is 2.26. The molecule has 0 aliphatic heterocycles. The minimum Gasteiger partial charge on any atom is -0.462 e. The van der Waals surface area contributed by atoms with E-state index in [1.807, 2.05) is 13.8 Å². The molecule has 0 aliphatic rings. The molecule has 0 saturated carbocycles. The number of hydrogen-bond donors (Lipinski definition) is 1. The predicted octanol–water partition coefficient (Wildman–Crippen LogP) is 3.99. The monoisotopic (exact) mass is 331 g/mol. The summed E-state index contributed by atoms with van der Waals surface area (Å²) >= 11 is 0. The SMILES string of the molecule is CCOC(=O)c1c(-c2ccc(F)cc2)nc(C)c(CO)c1C(C)C. The zero-order chi connectivity index (χ0) is 17.9. The number of carbonyl (C=O) groups excluding carboxylic acids is 1. The van der Waals surface area contributed by atoms with Crippen LogP contribution in [0.15, 0.2) is 24.3 Å². The van der Waals surface area contributed by atoms with Gasteiger partial charge in [-0.1, -0.05) is 13.8 Å². The number of halogens is 1. The lowest BCUT2D eigenvalue weighted by atomic mass is 9.88. The van der Waals surface area contributed by atoms with Gasteiger partial charge < -0.3 is 9.84 Å². The Balaban J connectivity index is 2.82. The lowest BCUT2D eigenvalue weighted by Gasteiger charge is -2.21. The highest BCUT2D eigenvalue weighted by atomic mass is 19.1. The summed E-state index contributed by atoms with van der Waals surface area (Å²) in [6.45, 7) is 7.46. The van der Waals surface area contributed by atoms with Crippen molar-refractivity contribution in [3.05, 3.63) is 52.5 Å². The smallest absolute Gasteiger partial charge is 0.340 e. The van der Waals surface area contributed by atoms with Crippen LogP contribution in [0.3, 0.4) is 0 Å². The van der Waals surface area contributed by atoms with Gasteiger partial charge in [-0.3, -0.25) is 4.98 Å². The highest BCUT2D eigenvalue weighted by Crippen LogP contribution is 2.33. The number of rotatable bonds is 5. The molecule has 1 aromatic carbocycles. The Morgan fingerprint density at radius 1 is 1.29 bits per heavy atom. The maximum Gasteiger partial charge on any atom is 0.340 e. The fourth-order valence-electron chi connectivity index (χ4n) is 2.83. The average Bonchev–Trinajstić information content (AvgIpc) is 2.54. The molecule has 4 nitrogen and oxygen atoms in total. The molecule has 0 unspecified atom stereocenters. The third-order valence-electron chi connectivity index (χ3n) is 3.88. The number of esters is 1. The van der Waals surface area contributed by atoms with Gasteiger partial charge in [0.05, 0.1) is 24.5 Å². The Morgan fingerprint density at radius 3 is 2.42 bits per heavy atom. The zero-order valence-electron chi connectivity index (χ0n) is 14.4. The normalized spacial score (nSPS) is 11.0. The molecule has 0 amide bonds. The van der Waals surface area contributed by atoms with Crippen LogP contribution in [0.2, 0.25) is 0 Å². The van der Waals surface area contributed by atoms with Crippen LogP contribution in [0.1, 0.15) is 53.9 Å². The van der Waals surface area contributed by atoms with Crippen LogP contribution in [-0.4, -0.2) is 22.7 Å². The number of carbonyl (C=O) groups is 1. The van der Waals surface area contributed by atoms with Crippen molar-refractivity contribution in [2.45, 2.75) is 40.2 Å². The molecule has 2 aromatic rings. The second kappa shape index (κ2) is 7.53. The van der Waals surface area contributed by atoms with Gasteiger partial charge in [0.25, 0.3) is 0 Å². The summed E-state index contributed by atoms with van der Waals surface area (Å²) in [6, 6.07) is 5.83. The highest BCUT2D eigenvalue weighted by molar-refractivity contribution is 5.98. The third-order valence-corrected chi connectivity index (χ3v) is 3.88. The van der Waals surface area contributed by atoms with Crippen LogP contribution in [0.25, 0.3) is 11.3 Å². The summed E-state index contributed by atoms with van der Waals surface area (Å²) < 4.78 is 18.5. The van der Waals surface area contributed by atoms with Crippen molar-refractivity contribution in [2.75, 3.05) is 6.61 Å². The first-order valence-corrected chi connectivity index (χ1v) is 7.97. The van der Waals surface area contributed by atoms with E-state index >= 15 is 0 Å². The first-order chi connectivity index (χ1) is 11.4. The van der Waals surface area contributed by atoms with Crippen molar-refractivity contribution in [1.82, 2.24) is 4.98 Å². The Kier molecular flexibility index (Phi) is 5.67. The van der Waals surface area contributed by atoms with Gasteiger partial charge in [0.1, 0.15) is 5.82 Å². The van der Waals surface area contributed by atoms with E-state index in [0.29, 0.717) is 28.1 Å². The molecule has 1 aromatic heterocycles. The topological polar surface area (TPSA) is 59.4 Å². The van der Waals surface area contributed by atoms with E-state index < -0.39 is 5.97 Å². The number of benzene rings is 1. The van der Waals surface area contributed by atoms with Crippen LogP contribution < -0.4 is 0 Å². The van der Waals surface area contributed by atoms with Crippen molar-refractivity contribution < 1.29 is 19.0 Å². The molecular weight excluding hydrogens is 309 g/mol. The standard InChI is InChI=1S/C19H22FNO3/c1-5-24-19(23)17-16(11(2)3)15(10-22)12(4)21-18(17)13-6-8-14(20)9-7-13/h6-9,11,22H,5,10H2,1-4H3. The number of aliphatic hydroxyl groups excluding tert-OH is 1. The summed E-state index contributed by atoms with van der Waals surface area (Å²) in [5.41, 5.74) is 3.43. The molecule has 0 saturated heterocycles. The van der Waals surface area contributed by atoms with E-state index in [9.17, 15) is 14.3 Å². The number of pyridine rings is 1. The van der Waals surface area contributed by atoms with Gasteiger partial charge in [-0.05, 0) is 49.6 Å². The Bertz CT molecular complexity index is 739. The van der Waals surface area contributed by atoms with Gasteiger partial charge in [0.2, 0.25) is 0 Å². The summed E-state index contributed by atoms with van der Waals surface area (Å²) in [6.07, 6.45) is 0. The van der Waals surface area contributed by atoms with Crippen LogP contribution in [0.4, 0.5) is 4.39 Å². The van der Waals surface area contributed by atoms with Gasteiger partial charge in [-0.25, -0.2) is 9.18 Å².